The molecule has 23 heavy (non-hydrogen) atoms. The van der Waals surface area contributed by atoms with Crippen LogP contribution in [0.4, 0.5) is 10.1 Å². The van der Waals surface area contributed by atoms with Gasteiger partial charge < -0.3 is 11.1 Å². The maximum Gasteiger partial charge on any atom is 0.220 e. The molecule has 0 aliphatic heterocycles. The summed E-state index contributed by atoms with van der Waals surface area (Å²) >= 11 is 0. The minimum Gasteiger partial charge on any atom is -0.399 e. The molecule has 0 bridgehead atoms. The SMILES string of the molecule is Nc1ccccc1CCC(=O)NCC1(c2ccc(F)cc2)CC1. The van der Waals surface area contributed by atoms with E-state index in [1.165, 1.54) is 12.1 Å². The Morgan fingerprint density at radius 1 is 1.13 bits per heavy atom. The number of rotatable bonds is 6. The predicted octanol–water partition coefficient (Wildman–Crippen LogP) is 3.19. The van der Waals surface area contributed by atoms with Gasteiger partial charge in [-0.3, -0.25) is 4.79 Å². The van der Waals surface area contributed by atoms with E-state index < -0.39 is 0 Å². The van der Waals surface area contributed by atoms with Gasteiger partial charge in [-0.1, -0.05) is 30.3 Å². The van der Waals surface area contributed by atoms with Gasteiger partial charge in [-0.15, -0.1) is 0 Å². The van der Waals surface area contributed by atoms with Crippen molar-refractivity contribution in [3.05, 3.63) is 65.5 Å². The van der Waals surface area contributed by atoms with Crippen molar-refractivity contribution in [3.63, 3.8) is 0 Å². The smallest absolute Gasteiger partial charge is 0.220 e. The van der Waals surface area contributed by atoms with Gasteiger partial charge in [0.1, 0.15) is 5.82 Å². The fraction of sp³-hybridized carbons (Fsp3) is 0.316. The Kier molecular flexibility index (Phi) is 4.33. The van der Waals surface area contributed by atoms with E-state index in [0.29, 0.717) is 19.4 Å². The highest BCUT2D eigenvalue weighted by atomic mass is 19.1. The van der Waals surface area contributed by atoms with Crippen molar-refractivity contribution in [1.82, 2.24) is 5.32 Å². The minimum absolute atomic E-state index is 0.00483. The standard InChI is InChI=1S/C19H21FN2O/c20-16-8-6-15(7-9-16)19(11-12-19)13-22-18(23)10-5-14-3-1-2-4-17(14)21/h1-4,6-9H,5,10-13,21H2,(H,22,23). The summed E-state index contributed by atoms with van der Waals surface area (Å²) in [6.45, 7) is 0.613. The molecule has 3 nitrogen and oxygen atoms in total. The van der Waals surface area contributed by atoms with Gasteiger partial charge in [0.25, 0.3) is 0 Å². The number of hydrogen-bond donors (Lipinski definition) is 2. The molecule has 120 valence electrons. The molecule has 2 aromatic carbocycles. The highest BCUT2D eigenvalue weighted by Crippen LogP contribution is 2.47. The minimum atomic E-state index is -0.228. The molecule has 1 amide bonds. The molecule has 1 aliphatic rings. The van der Waals surface area contributed by atoms with E-state index in [0.717, 1.165) is 29.7 Å². The number of nitrogen functional groups attached to an aromatic ring is 1. The maximum atomic E-state index is 13.0. The number of carbonyl (C=O) groups excluding carboxylic acids is 1. The largest absolute Gasteiger partial charge is 0.399 e. The second-order valence-corrected chi connectivity index (χ2v) is 6.26. The lowest BCUT2D eigenvalue weighted by atomic mass is 9.96. The lowest BCUT2D eigenvalue weighted by Gasteiger charge is -2.16. The summed E-state index contributed by atoms with van der Waals surface area (Å²) in [5.74, 6) is -0.198. The Bertz CT molecular complexity index is 693. The summed E-state index contributed by atoms with van der Waals surface area (Å²) in [6, 6.07) is 14.2. The number of amides is 1. The van der Waals surface area contributed by atoms with Gasteiger partial charge in [0, 0.05) is 24.1 Å². The van der Waals surface area contributed by atoms with Gasteiger partial charge in [-0.05, 0) is 48.6 Å². The van der Waals surface area contributed by atoms with E-state index in [1.807, 2.05) is 36.4 Å². The topological polar surface area (TPSA) is 55.1 Å². The lowest BCUT2D eigenvalue weighted by Crippen LogP contribution is -2.32. The van der Waals surface area contributed by atoms with Crippen LogP contribution in [-0.4, -0.2) is 12.5 Å². The third-order valence-corrected chi connectivity index (χ3v) is 4.61. The molecule has 1 aliphatic carbocycles. The first kappa shape index (κ1) is 15.5. The van der Waals surface area contributed by atoms with Crippen LogP contribution in [0.2, 0.25) is 0 Å². The number of benzene rings is 2. The highest BCUT2D eigenvalue weighted by Gasteiger charge is 2.44. The fourth-order valence-corrected chi connectivity index (χ4v) is 2.89. The number of aryl methyl sites for hydroxylation is 1. The molecule has 0 unspecified atom stereocenters. The number of anilines is 1. The molecular formula is C19H21FN2O. The van der Waals surface area contributed by atoms with E-state index in [-0.39, 0.29) is 17.1 Å². The van der Waals surface area contributed by atoms with Crippen LogP contribution < -0.4 is 11.1 Å². The Morgan fingerprint density at radius 3 is 2.48 bits per heavy atom. The quantitative estimate of drug-likeness (QED) is 0.805. The molecule has 3 rings (SSSR count). The average Bonchev–Trinajstić information content (AvgIpc) is 3.34. The van der Waals surface area contributed by atoms with Crippen LogP contribution in [0.25, 0.3) is 0 Å². The zero-order chi connectivity index (χ0) is 16.3. The van der Waals surface area contributed by atoms with E-state index in [1.54, 1.807) is 0 Å². The van der Waals surface area contributed by atoms with Gasteiger partial charge >= 0.3 is 0 Å². The first-order valence-corrected chi connectivity index (χ1v) is 7.95. The monoisotopic (exact) mass is 312 g/mol. The summed E-state index contributed by atoms with van der Waals surface area (Å²) in [7, 11) is 0. The molecule has 1 fully saturated rings. The van der Waals surface area contributed by atoms with E-state index in [4.69, 9.17) is 5.73 Å². The second-order valence-electron chi connectivity index (χ2n) is 6.26. The number of para-hydroxylation sites is 1. The average molecular weight is 312 g/mol. The fourth-order valence-electron chi connectivity index (χ4n) is 2.89. The van der Waals surface area contributed by atoms with Crippen LogP contribution in [0.15, 0.2) is 48.5 Å². The summed E-state index contributed by atoms with van der Waals surface area (Å²) in [6.07, 6.45) is 3.13. The molecule has 0 atom stereocenters. The van der Waals surface area contributed by atoms with Gasteiger partial charge in [0.2, 0.25) is 5.91 Å². The molecule has 2 aromatic rings. The number of nitrogens with one attached hydrogen (secondary N) is 1. The summed E-state index contributed by atoms with van der Waals surface area (Å²) in [4.78, 5) is 12.1. The van der Waals surface area contributed by atoms with Crippen molar-refractivity contribution in [1.29, 1.82) is 0 Å². The normalized spacial score (nSPS) is 15.2. The van der Waals surface area contributed by atoms with Gasteiger partial charge in [0.05, 0.1) is 0 Å². The van der Waals surface area contributed by atoms with Gasteiger partial charge in [-0.2, -0.15) is 0 Å². The Labute approximate surface area is 135 Å². The summed E-state index contributed by atoms with van der Waals surface area (Å²) in [5.41, 5.74) is 8.71. The van der Waals surface area contributed by atoms with Crippen LogP contribution in [0, 0.1) is 5.82 Å². The number of carbonyl (C=O) groups is 1. The van der Waals surface area contributed by atoms with Gasteiger partial charge in [-0.25, -0.2) is 4.39 Å². The third kappa shape index (κ3) is 3.70. The van der Waals surface area contributed by atoms with Crippen molar-refractivity contribution >= 4 is 11.6 Å². The third-order valence-electron chi connectivity index (χ3n) is 4.61. The molecule has 0 aromatic heterocycles. The molecule has 3 N–H and O–H groups in total. The van der Waals surface area contributed by atoms with Crippen molar-refractivity contribution in [3.8, 4) is 0 Å². The molecule has 1 saturated carbocycles. The van der Waals surface area contributed by atoms with Crippen molar-refractivity contribution in [2.24, 2.45) is 0 Å². The van der Waals surface area contributed by atoms with Crippen molar-refractivity contribution < 1.29 is 9.18 Å². The highest BCUT2D eigenvalue weighted by molar-refractivity contribution is 5.76. The second kappa shape index (κ2) is 6.41. The van der Waals surface area contributed by atoms with Gasteiger partial charge in [0.15, 0.2) is 0 Å². The first-order valence-electron chi connectivity index (χ1n) is 7.95. The molecular weight excluding hydrogens is 291 g/mol. The molecule has 0 radical (unpaired) electrons. The van der Waals surface area contributed by atoms with Crippen LogP contribution in [-0.2, 0) is 16.6 Å². The Hall–Kier alpha value is -2.36. The number of halogens is 1. The Balaban J connectivity index is 1.51. The first-order chi connectivity index (χ1) is 11.1. The predicted molar refractivity (Wildman–Crippen MR) is 89.5 cm³/mol. The Morgan fingerprint density at radius 2 is 1.83 bits per heavy atom. The summed E-state index contributed by atoms with van der Waals surface area (Å²) < 4.78 is 13.0. The maximum absolute atomic E-state index is 13.0. The van der Waals surface area contributed by atoms with Crippen LogP contribution in [0.3, 0.4) is 0 Å². The number of hydrogen-bond acceptors (Lipinski definition) is 2. The van der Waals surface area contributed by atoms with E-state index in [2.05, 4.69) is 5.32 Å². The van der Waals surface area contributed by atoms with E-state index >= 15 is 0 Å². The lowest BCUT2D eigenvalue weighted by molar-refractivity contribution is -0.121. The van der Waals surface area contributed by atoms with Crippen LogP contribution in [0.5, 0.6) is 0 Å². The summed E-state index contributed by atoms with van der Waals surface area (Å²) in [5, 5.41) is 3.01. The van der Waals surface area contributed by atoms with Crippen LogP contribution >= 0.6 is 0 Å². The molecule has 0 saturated heterocycles. The van der Waals surface area contributed by atoms with Crippen molar-refractivity contribution in [2.75, 3.05) is 12.3 Å². The van der Waals surface area contributed by atoms with E-state index in [9.17, 15) is 9.18 Å². The van der Waals surface area contributed by atoms with Crippen LogP contribution in [0.1, 0.15) is 30.4 Å². The van der Waals surface area contributed by atoms with Crippen molar-refractivity contribution in [2.45, 2.75) is 31.1 Å². The molecule has 4 heteroatoms. The number of nitrogens with two attached hydrogens (primary N) is 1. The zero-order valence-corrected chi connectivity index (χ0v) is 13.0. The molecule has 0 spiro atoms. The zero-order valence-electron chi connectivity index (χ0n) is 13.0. The molecule has 0 heterocycles.